The van der Waals surface area contributed by atoms with Gasteiger partial charge in [0.2, 0.25) is 0 Å². The highest BCUT2D eigenvalue weighted by molar-refractivity contribution is 6.17. The van der Waals surface area contributed by atoms with Crippen molar-refractivity contribution in [3.8, 4) is 11.3 Å². The molecule has 0 fully saturated rings. The Morgan fingerprint density at radius 2 is 1.55 bits per heavy atom. The summed E-state index contributed by atoms with van der Waals surface area (Å²) in [6.45, 7) is 0. The third kappa shape index (κ3) is 4.37. The van der Waals surface area contributed by atoms with E-state index in [0.717, 1.165) is 55.5 Å². The Morgan fingerprint density at radius 3 is 2.35 bits per heavy atom. The van der Waals surface area contributed by atoms with Crippen LogP contribution in [0.3, 0.4) is 0 Å². The summed E-state index contributed by atoms with van der Waals surface area (Å²) in [6.07, 6.45) is 5.83. The molecule has 1 N–H and O–H groups in total. The van der Waals surface area contributed by atoms with Crippen LogP contribution in [-0.4, -0.2) is 27.3 Å². The molecule has 0 aliphatic carbocycles. The van der Waals surface area contributed by atoms with Gasteiger partial charge in [-0.2, -0.15) is 0 Å². The van der Waals surface area contributed by atoms with E-state index in [-0.39, 0.29) is 5.84 Å². The fourth-order valence-electron chi connectivity index (χ4n) is 4.85. The first-order valence-electron chi connectivity index (χ1n) is 12.9. The quantitative estimate of drug-likeness (QED) is 0.191. The molecule has 0 saturated heterocycles. The Bertz CT molecular complexity index is 2040. The highest BCUT2D eigenvalue weighted by Gasteiger charge is 2.13. The number of nitrogens with one attached hydrogen (secondary N) is 1. The summed E-state index contributed by atoms with van der Waals surface area (Å²) in [4.78, 5) is 14.2. The van der Waals surface area contributed by atoms with E-state index in [4.69, 9.17) is 19.8 Å². The summed E-state index contributed by atoms with van der Waals surface area (Å²) in [5, 5.41) is 10.5. The predicted molar refractivity (Wildman–Crippen MR) is 162 cm³/mol. The predicted octanol–water partition coefficient (Wildman–Crippen LogP) is 7.79. The highest BCUT2D eigenvalue weighted by atomic mass is 16.3. The summed E-state index contributed by atoms with van der Waals surface area (Å²) < 4.78 is 8.22. The van der Waals surface area contributed by atoms with Gasteiger partial charge in [0.1, 0.15) is 16.8 Å². The Labute approximate surface area is 230 Å². The molecule has 190 valence electrons. The van der Waals surface area contributed by atoms with E-state index in [1.165, 1.54) is 0 Å². The summed E-state index contributed by atoms with van der Waals surface area (Å²) in [7, 11) is 0. The normalized spacial score (nSPS) is 12.2. The van der Waals surface area contributed by atoms with Crippen molar-refractivity contribution in [3.63, 3.8) is 0 Å². The number of hydrogen-bond donors (Lipinski definition) is 1. The lowest BCUT2D eigenvalue weighted by Gasteiger charge is -2.04. The molecule has 6 nitrogen and oxygen atoms in total. The van der Waals surface area contributed by atoms with Gasteiger partial charge in [-0.05, 0) is 36.4 Å². The smallest absolute Gasteiger partial charge is 0.161 e. The molecule has 6 heteroatoms. The average molecular weight is 518 g/mol. The van der Waals surface area contributed by atoms with Gasteiger partial charge in [0.15, 0.2) is 11.7 Å². The number of hydrogen-bond acceptors (Lipinski definition) is 3. The van der Waals surface area contributed by atoms with Crippen molar-refractivity contribution in [2.75, 3.05) is 0 Å². The van der Waals surface area contributed by atoms with Gasteiger partial charge in [0.25, 0.3) is 0 Å². The molecule has 0 spiro atoms. The van der Waals surface area contributed by atoms with Gasteiger partial charge in [-0.1, -0.05) is 78.9 Å². The molecule has 3 aromatic heterocycles. The van der Waals surface area contributed by atoms with Crippen LogP contribution in [0.15, 0.2) is 142 Å². The van der Waals surface area contributed by atoms with Crippen molar-refractivity contribution < 1.29 is 4.42 Å². The Morgan fingerprint density at radius 1 is 0.775 bits per heavy atom. The van der Waals surface area contributed by atoms with Crippen molar-refractivity contribution in [1.29, 1.82) is 5.41 Å². The molecule has 4 aromatic carbocycles. The molecule has 0 bridgehead atoms. The second kappa shape index (κ2) is 9.93. The number of rotatable bonds is 4. The lowest BCUT2D eigenvalue weighted by molar-refractivity contribution is 0.669. The second-order valence-electron chi connectivity index (χ2n) is 9.40. The van der Waals surface area contributed by atoms with Gasteiger partial charge in [-0.3, -0.25) is 5.41 Å². The largest absolute Gasteiger partial charge is 0.456 e. The molecule has 40 heavy (non-hydrogen) atoms. The van der Waals surface area contributed by atoms with Crippen LogP contribution in [-0.2, 0) is 0 Å². The molecular weight excluding hydrogens is 494 g/mol. The zero-order valence-corrected chi connectivity index (χ0v) is 21.4. The number of fused-ring (bicyclic) bond motifs is 4. The molecular formula is C34H23N5O. The zero-order valence-electron chi connectivity index (χ0n) is 21.4. The summed E-state index contributed by atoms with van der Waals surface area (Å²) in [5.41, 5.74) is 6.84. The molecule has 0 atom stereocenters. The first kappa shape index (κ1) is 23.5. The Hall–Kier alpha value is -5.62. The van der Waals surface area contributed by atoms with Gasteiger partial charge in [-0.15, -0.1) is 0 Å². The fraction of sp³-hybridized carbons (Fsp3) is 0. The summed E-state index contributed by atoms with van der Waals surface area (Å²) in [5.74, 6) is 0.616. The van der Waals surface area contributed by atoms with Crippen LogP contribution in [0.5, 0.6) is 0 Å². The van der Waals surface area contributed by atoms with Crippen LogP contribution in [0, 0.1) is 5.41 Å². The van der Waals surface area contributed by atoms with Gasteiger partial charge >= 0.3 is 0 Å². The fourth-order valence-corrected chi connectivity index (χ4v) is 4.85. The Balaban J connectivity index is 1.33. The van der Waals surface area contributed by atoms with E-state index >= 15 is 0 Å². The zero-order chi connectivity index (χ0) is 26.9. The summed E-state index contributed by atoms with van der Waals surface area (Å²) >= 11 is 0. The first-order chi connectivity index (χ1) is 19.7. The standard InChI is InChI=1S/C34H23N5O/c35-33(23-10-3-1-4-11-23)38-34(24-12-5-2-6-13-24)36-21-26-14-9-15-30-32(26)27-20-25(17-18-29(27)40-30)28-22-39-19-8-7-16-31(39)37-28/h1-22,35H. The first-order valence-corrected chi connectivity index (χ1v) is 12.9. The lowest BCUT2D eigenvalue weighted by Crippen LogP contribution is -2.04. The SMILES string of the molecule is N=C(N=C(N=Cc1cccc2oc3ccc(-c4cn5ccccc5n4)cc3c12)c1ccccc1)c1ccccc1. The van der Waals surface area contributed by atoms with Crippen LogP contribution >= 0.6 is 0 Å². The number of furan rings is 1. The van der Waals surface area contributed by atoms with Crippen molar-refractivity contribution in [3.05, 3.63) is 144 Å². The van der Waals surface area contributed by atoms with Gasteiger partial charge in [-0.25, -0.2) is 15.0 Å². The summed E-state index contributed by atoms with van der Waals surface area (Å²) in [6, 6.07) is 37.3. The second-order valence-corrected chi connectivity index (χ2v) is 9.40. The molecule has 0 unspecified atom stereocenters. The molecule has 7 aromatic rings. The minimum Gasteiger partial charge on any atom is -0.456 e. The van der Waals surface area contributed by atoms with Crippen LogP contribution in [0.25, 0.3) is 38.8 Å². The van der Waals surface area contributed by atoms with E-state index in [0.29, 0.717) is 5.84 Å². The molecule has 3 heterocycles. The van der Waals surface area contributed by atoms with E-state index in [1.807, 2.05) is 126 Å². The molecule has 0 radical (unpaired) electrons. The number of pyridine rings is 1. The van der Waals surface area contributed by atoms with Crippen molar-refractivity contribution >= 4 is 45.5 Å². The van der Waals surface area contributed by atoms with E-state index in [1.54, 1.807) is 6.21 Å². The molecule has 0 amide bonds. The average Bonchev–Trinajstić information content (AvgIpc) is 3.61. The number of aliphatic imine (C=N–C) groups is 2. The number of aromatic nitrogens is 2. The monoisotopic (exact) mass is 517 g/mol. The van der Waals surface area contributed by atoms with Crippen molar-refractivity contribution in [2.24, 2.45) is 9.98 Å². The Kier molecular flexibility index (Phi) is 5.83. The van der Waals surface area contributed by atoms with Crippen LogP contribution in [0.1, 0.15) is 16.7 Å². The van der Waals surface area contributed by atoms with E-state index in [2.05, 4.69) is 11.1 Å². The van der Waals surface area contributed by atoms with E-state index in [9.17, 15) is 0 Å². The molecule has 0 aliphatic heterocycles. The van der Waals surface area contributed by atoms with Gasteiger partial charge < -0.3 is 8.82 Å². The number of benzene rings is 4. The topological polar surface area (TPSA) is 79.0 Å². The molecule has 0 aliphatic rings. The third-order valence-electron chi connectivity index (χ3n) is 6.81. The maximum absolute atomic E-state index is 8.57. The lowest BCUT2D eigenvalue weighted by atomic mass is 10.0. The van der Waals surface area contributed by atoms with E-state index < -0.39 is 0 Å². The van der Waals surface area contributed by atoms with Crippen LogP contribution < -0.4 is 0 Å². The minimum absolute atomic E-state index is 0.153. The van der Waals surface area contributed by atoms with Gasteiger partial charge in [0, 0.05) is 51.6 Å². The molecule has 7 rings (SSSR count). The highest BCUT2D eigenvalue weighted by Crippen LogP contribution is 2.34. The van der Waals surface area contributed by atoms with Crippen LogP contribution in [0.4, 0.5) is 0 Å². The van der Waals surface area contributed by atoms with Crippen LogP contribution in [0.2, 0.25) is 0 Å². The molecule has 0 saturated carbocycles. The maximum atomic E-state index is 8.57. The number of nitrogens with zero attached hydrogens (tertiary/aromatic N) is 4. The van der Waals surface area contributed by atoms with Crippen molar-refractivity contribution in [2.45, 2.75) is 0 Å². The third-order valence-corrected chi connectivity index (χ3v) is 6.81. The maximum Gasteiger partial charge on any atom is 0.161 e. The minimum atomic E-state index is 0.153. The number of amidine groups is 2. The van der Waals surface area contributed by atoms with Gasteiger partial charge in [0.05, 0.1) is 5.69 Å². The van der Waals surface area contributed by atoms with Crippen molar-refractivity contribution in [1.82, 2.24) is 9.38 Å². The number of imidazole rings is 1.